The molecule has 0 spiro atoms. The molecule has 4 heteroatoms. The van der Waals surface area contributed by atoms with E-state index < -0.39 is 0 Å². The maximum absolute atomic E-state index is 11.9. The van der Waals surface area contributed by atoms with Gasteiger partial charge in [0.1, 0.15) is 11.5 Å². The summed E-state index contributed by atoms with van der Waals surface area (Å²) in [7, 11) is 1.62. The summed E-state index contributed by atoms with van der Waals surface area (Å²) in [6, 6.07) is 10.9. The topological polar surface area (TPSA) is 51.5 Å². The predicted molar refractivity (Wildman–Crippen MR) is 78.1 cm³/mol. The standard InChI is InChI=1S/C16H17NO3/c1-11(10-15(18)16-9-4-12(2)20-16)17-13-5-7-14(19-3)8-6-13/h4-10,17H,1-3H3/b11-10+. The van der Waals surface area contributed by atoms with Crippen LogP contribution in [0.1, 0.15) is 23.2 Å². The van der Waals surface area contributed by atoms with E-state index in [1.54, 1.807) is 19.2 Å². The third-order valence-corrected chi connectivity index (χ3v) is 2.76. The number of allylic oxidation sites excluding steroid dienone is 2. The second-order valence-corrected chi connectivity index (χ2v) is 4.46. The van der Waals surface area contributed by atoms with E-state index in [4.69, 9.17) is 9.15 Å². The lowest BCUT2D eigenvalue weighted by atomic mass is 10.2. The van der Waals surface area contributed by atoms with Crippen LogP contribution in [0, 0.1) is 6.92 Å². The van der Waals surface area contributed by atoms with Crippen LogP contribution in [0.15, 0.2) is 52.6 Å². The quantitative estimate of drug-likeness (QED) is 0.664. The lowest BCUT2D eigenvalue weighted by Gasteiger charge is -2.07. The minimum Gasteiger partial charge on any atom is -0.497 e. The van der Waals surface area contributed by atoms with Crippen molar-refractivity contribution in [1.82, 2.24) is 0 Å². The summed E-state index contributed by atoms with van der Waals surface area (Å²) < 4.78 is 10.4. The Hall–Kier alpha value is -2.49. The summed E-state index contributed by atoms with van der Waals surface area (Å²) >= 11 is 0. The van der Waals surface area contributed by atoms with Crippen molar-refractivity contribution in [2.45, 2.75) is 13.8 Å². The molecule has 0 saturated heterocycles. The zero-order chi connectivity index (χ0) is 14.5. The molecule has 0 aliphatic carbocycles. The van der Waals surface area contributed by atoms with Crippen molar-refractivity contribution in [2.24, 2.45) is 0 Å². The van der Waals surface area contributed by atoms with Crippen molar-refractivity contribution in [3.63, 3.8) is 0 Å². The van der Waals surface area contributed by atoms with Gasteiger partial charge < -0.3 is 14.5 Å². The van der Waals surface area contributed by atoms with Crippen LogP contribution in [0.4, 0.5) is 5.69 Å². The summed E-state index contributed by atoms with van der Waals surface area (Å²) in [5.41, 5.74) is 1.64. The van der Waals surface area contributed by atoms with Gasteiger partial charge in [-0.15, -0.1) is 0 Å². The molecule has 2 aromatic rings. The van der Waals surface area contributed by atoms with Crippen LogP contribution in [-0.2, 0) is 0 Å². The van der Waals surface area contributed by atoms with Gasteiger partial charge in [0.2, 0.25) is 5.78 Å². The van der Waals surface area contributed by atoms with Crippen LogP contribution in [0.25, 0.3) is 0 Å². The van der Waals surface area contributed by atoms with Crippen LogP contribution in [-0.4, -0.2) is 12.9 Å². The molecule has 104 valence electrons. The Morgan fingerprint density at radius 1 is 1.20 bits per heavy atom. The molecule has 0 unspecified atom stereocenters. The number of carbonyl (C=O) groups excluding carboxylic acids is 1. The van der Waals surface area contributed by atoms with E-state index in [-0.39, 0.29) is 5.78 Å². The number of furan rings is 1. The Labute approximate surface area is 118 Å². The molecule has 0 aliphatic heterocycles. The van der Waals surface area contributed by atoms with E-state index >= 15 is 0 Å². The smallest absolute Gasteiger partial charge is 0.222 e. The third kappa shape index (κ3) is 3.51. The summed E-state index contributed by atoms with van der Waals surface area (Å²) in [6.07, 6.45) is 1.52. The van der Waals surface area contributed by atoms with Crippen LogP contribution < -0.4 is 10.1 Å². The van der Waals surface area contributed by atoms with Crippen molar-refractivity contribution in [3.8, 4) is 5.75 Å². The first-order chi connectivity index (χ1) is 9.58. The molecule has 0 fully saturated rings. The highest BCUT2D eigenvalue weighted by atomic mass is 16.5. The van der Waals surface area contributed by atoms with Gasteiger partial charge in [0, 0.05) is 17.5 Å². The predicted octanol–water partition coefficient (Wildman–Crippen LogP) is 3.80. The molecule has 0 atom stereocenters. The van der Waals surface area contributed by atoms with Crippen LogP contribution in [0.5, 0.6) is 5.75 Å². The average molecular weight is 271 g/mol. The highest BCUT2D eigenvalue weighted by Gasteiger charge is 2.07. The van der Waals surface area contributed by atoms with Crippen molar-refractivity contribution >= 4 is 11.5 Å². The summed E-state index contributed by atoms with van der Waals surface area (Å²) in [6.45, 7) is 3.64. The number of carbonyl (C=O) groups is 1. The minimum absolute atomic E-state index is 0.156. The number of hydrogen-bond donors (Lipinski definition) is 1. The van der Waals surface area contributed by atoms with Crippen LogP contribution >= 0.6 is 0 Å². The molecule has 0 bridgehead atoms. The summed E-state index contributed by atoms with van der Waals surface area (Å²) in [5.74, 6) is 1.71. The number of ketones is 1. The number of benzene rings is 1. The van der Waals surface area contributed by atoms with Gasteiger partial charge in [-0.05, 0) is 50.2 Å². The second-order valence-electron chi connectivity index (χ2n) is 4.46. The molecule has 20 heavy (non-hydrogen) atoms. The number of hydrogen-bond acceptors (Lipinski definition) is 4. The van der Waals surface area contributed by atoms with Gasteiger partial charge in [0.25, 0.3) is 0 Å². The molecule has 4 nitrogen and oxygen atoms in total. The summed E-state index contributed by atoms with van der Waals surface area (Å²) in [4.78, 5) is 11.9. The van der Waals surface area contributed by atoms with Crippen molar-refractivity contribution in [3.05, 3.63) is 59.7 Å². The first-order valence-corrected chi connectivity index (χ1v) is 6.28. The number of rotatable bonds is 5. The molecular formula is C16H17NO3. The van der Waals surface area contributed by atoms with E-state index in [2.05, 4.69) is 5.32 Å². The van der Waals surface area contributed by atoms with E-state index in [0.717, 1.165) is 22.9 Å². The van der Waals surface area contributed by atoms with Gasteiger partial charge in [-0.2, -0.15) is 0 Å². The molecule has 1 aromatic heterocycles. The molecule has 0 aliphatic rings. The second kappa shape index (κ2) is 6.10. The molecule has 1 N–H and O–H groups in total. The fourth-order valence-corrected chi connectivity index (χ4v) is 1.77. The number of aryl methyl sites for hydroxylation is 1. The Balaban J connectivity index is 2.04. The maximum Gasteiger partial charge on any atom is 0.222 e. The van der Waals surface area contributed by atoms with E-state index in [0.29, 0.717) is 5.76 Å². The molecule has 1 heterocycles. The number of methoxy groups -OCH3 is 1. The molecular weight excluding hydrogens is 254 g/mol. The summed E-state index contributed by atoms with van der Waals surface area (Å²) in [5, 5.41) is 3.14. The fraction of sp³-hybridized carbons (Fsp3) is 0.188. The van der Waals surface area contributed by atoms with Crippen molar-refractivity contribution < 1.29 is 13.9 Å². The van der Waals surface area contributed by atoms with Gasteiger partial charge >= 0.3 is 0 Å². The van der Waals surface area contributed by atoms with Crippen LogP contribution in [0.3, 0.4) is 0 Å². The van der Waals surface area contributed by atoms with E-state index in [9.17, 15) is 4.79 Å². The first kappa shape index (κ1) is 13.9. The van der Waals surface area contributed by atoms with Gasteiger partial charge in [0.05, 0.1) is 7.11 Å². The number of anilines is 1. The zero-order valence-corrected chi connectivity index (χ0v) is 11.8. The SMILES string of the molecule is COc1ccc(N/C(C)=C/C(=O)c2ccc(C)o2)cc1. The van der Waals surface area contributed by atoms with Crippen molar-refractivity contribution in [2.75, 3.05) is 12.4 Å². The lowest BCUT2D eigenvalue weighted by Crippen LogP contribution is -2.00. The lowest BCUT2D eigenvalue weighted by molar-refractivity contribution is 0.102. The average Bonchev–Trinajstić information content (AvgIpc) is 2.86. The monoisotopic (exact) mass is 271 g/mol. The van der Waals surface area contributed by atoms with E-state index in [1.807, 2.05) is 38.1 Å². The maximum atomic E-state index is 11.9. The molecule has 0 amide bonds. The van der Waals surface area contributed by atoms with Gasteiger partial charge in [-0.3, -0.25) is 4.79 Å². The third-order valence-electron chi connectivity index (χ3n) is 2.76. The highest BCUT2D eigenvalue weighted by molar-refractivity contribution is 6.03. The number of nitrogens with one attached hydrogen (secondary N) is 1. The largest absolute Gasteiger partial charge is 0.497 e. The highest BCUT2D eigenvalue weighted by Crippen LogP contribution is 2.17. The first-order valence-electron chi connectivity index (χ1n) is 6.28. The normalized spacial score (nSPS) is 11.2. The molecule has 0 saturated carbocycles. The van der Waals surface area contributed by atoms with E-state index in [1.165, 1.54) is 6.08 Å². The Morgan fingerprint density at radius 3 is 2.45 bits per heavy atom. The van der Waals surface area contributed by atoms with Crippen LogP contribution in [0.2, 0.25) is 0 Å². The zero-order valence-electron chi connectivity index (χ0n) is 11.8. The fourth-order valence-electron chi connectivity index (χ4n) is 1.77. The molecule has 0 radical (unpaired) electrons. The molecule has 2 rings (SSSR count). The number of ether oxygens (including phenoxy) is 1. The van der Waals surface area contributed by atoms with Gasteiger partial charge in [-0.1, -0.05) is 0 Å². The Kier molecular flexibility index (Phi) is 4.25. The van der Waals surface area contributed by atoms with Gasteiger partial charge in [-0.25, -0.2) is 0 Å². The van der Waals surface area contributed by atoms with Gasteiger partial charge in [0.15, 0.2) is 5.76 Å². The minimum atomic E-state index is -0.156. The Morgan fingerprint density at radius 2 is 1.90 bits per heavy atom. The van der Waals surface area contributed by atoms with Crippen molar-refractivity contribution in [1.29, 1.82) is 0 Å². The Bertz CT molecular complexity index is 623. The molecule has 1 aromatic carbocycles.